The largest absolute Gasteiger partial charge is 0.480 e. The van der Waals surface area contributed by atoms with Crippen molar-refractivity contribution in [2.24, 2.45) is 0 Å². The molecule has 2 aromatic carbocycles. The first-order valence-corrected chi connectivity index (χ1v) is 11.4. The summed E-state index contributed by atoms with van der Waals surface area (Å²) >= 11 is 9.18. The minimum atomic E-state index is -0.569. The molecule has 1 aliphatic rings. The molecule has 29 heavy (non-hydrogen) atoms. The second-order valence-electron chi connectivity index (χ2n) is 7.39. The molecule has 0 radical (unpaired) electrons. The molecule has 0 fully saturated rings. The molecule has 0 saturated carbocycles. The Balaban J connectivity index is 1.83. The number of amides is 1. The Bertz CT molecular complexity index is 1000. The van der Waals surface area contributed by atoms with Crippen LogP contribution in [0.2, 0.25) is 0 Å². The zero-order valence-electron chi connectivity index (χ0n) is 15.9. The van der Waals surface area contributed by atoms with Crippen LogP contribution in [0.1, 0.15) is 31.9 Å². The van der Waals surface area contributed by atoms with E-state index in [2.05, 4.69) is 59.8 Å². The first kappa shape index (κ1) is 22.3. The monoisotopic (exact) mass is 633 g/mol. The van der Waals surface area contributed by atoms with E-state index in [1.165, 1.54) is 0 Å². The highest BCUT2D eigenvalue weighted by Crippen LogP contribution is 2.38. The van der Waals surface area contributed by atoms with Gasteiger partial charge in [0.15, 0.2) is 6.61 Å². The predicted molar refractivity (Wildman–Crippen MR) is 129 cm³/mol. The van der Waals surface area contributed by atoms with Crippen LogP contribution in [0.25, 0.3) is 11.6 Å². The van der Waals surface area contributed by atoms with E-state index in [9.17, 15) is 9.59 Å². The van der Waals surface area contributed by atoms with Crippen molar-refractivity contribution in [2.45, 2.75) is 26.4 Å². The number of fused-ring (bicyclic) bond motifs is 1. The van der Waals surface area contributed by atoms with Gasteiger partial charge in [-0.2, -0.15) is 0 Å². The van der Waals surface area contributed by atoms with Crippen LogP contribution in [0.3, 0.4) is 0 Å². The molecule has 1 amide bonds. The number of benzene rings is 2. The molecule has 0 unspecified atom stereocenters. The highest BCUT2D eigenvalue weighted by atomic mass is 127. The van der Waals surface area contributed by atoms with Crippen molar-refractivity contribution in [3.63, 3.8) is 0 Å². The van der Waals surface area contributed by atoms with Crippen LogP contribution < -0.4 is 10.1 Å². The molecule has 0 spiro atoms. The fourth-order valence-corrected chi connectivity index (χ4v) is 4.72. The highest BCUT2D eigenvalue weighted by molar-refractivity contribution is 14.1. The Morgan fingerprint density at radius 2 is 1.83 bits per heavy atom. The summed E-state index contributed by atoms with van der Waals surface area (Å²) in [6, 6.07) is 9.49. The lowest BCUT2D eigenvalue weighted by molar-refractivity contribution is -0.157. The van der Waals surface area contributed by atoms with E-state index in [1.807, 2.05) is 36.4 Å². The SMILES string of the molecule is CC(C)(C)OC(=O)COc1c(Br)cc(/C=C2\C(=O)Nc3ccc(I)cc32)cc1Br. The second-order valence-corrected chi connectivity index (χ2v) is 10.3. The Morgan fingerprint density at radius 3 is 2.45 bits per heavy atom. The number of ether oxygens (including phenoxy) is 2. The van der Waals surface area contributed by atoms with Gasteiger partial charge in [0.1, 0.15) is 11.4 Å². The molecule has 152 valence electrons. The van der Waals surface area contributed by atoms with Crippen molar-refractivity contribution in [3.8, 4) is 5.75 Å². The minimum Gasteiger partial charge on any atom is -0.480 e. The molecule has 1 N–H and O–H groups in total. The number of carbonyl (C=O) groups excluding carboxylic acids is 2. The Hall–Kier alpha value is -1.39. The van der Waals surface area contributed by atoms with Crippen LogP contribution in [-0.4, -0.2) is 24.1 Å². The number of esters is 1. The van der Waals surface area contributed by atoms with Crippen molar-refractivity contribution in [2.75, 3.05) is 11.9 Å². The Morgan fingerprint density at radius 1 is 1.17 bits per heavy atom. The number of carbonyl (C=O) groups is 2. The number of hydrogen-bond donors (Lipinski definition) is 1. The van der Waals surface area contributed by atoms with Crippen LogP contribution in [0.5, 0.6) is 5.75 Å². The van der Waals surface area contributed by atoms with Gasteiger partial charge in [-0.15, -0.1) is 0 Å². The molecule has 0 atom stereocenters. The average molecular weight is 635 g/mol. The van der Waals surface area contributed by atoms with E-state index in [0.29, 0.717) is 20.3 Å². The molecule has 2 aromatic rings. The first-order chi connectivity index (χ1) is 13.5. The molecule has 8 heteroatoms. The lowest BCUT2D eigenvalue weighted by atomic mass is 10.0. The molecule has 1 aliphatic heterocycles. The van der Waals surface area contributed by atoms with E-state index >= 15 is 0 Å². The van der Waals surface area contributed by atoms with Crippen LogP contribution in [-0.2, 0) is 14.3 Å². The third kappa shape index (κ3) is 5.61. The summed E-state index contributed by atoms with van der Waals surface area (Å²) in [6.45, 7) is 5.20. The predicted octanol–water partition coefficient (Wildman–Crippen LogP) is 6.03. The van der Waals surface area contributed by atoms with E-state index in [4.69, 9.17) is 9.47 Å². The number of halogens is 3. The summed E-state index contributed by atoms with van der Waals surface area (Å²) in [5.74, 6) is -0.0975. The van der Waals surface area contributed by atoms with Crippen LogP contribution in [0.15, 0.2) is 39.3 Å². The van der Waals surface area contributed by atoms with Crippen molar-refractivity contribution < 1.29 is 19.1 Å². The van der Waals surface area contributed by atoms with Crippen molar-refractivity contribution >= 4 is 83.7 Å². The summed E-state index contributed by atoms with van der Waals surface area (Å²) in [5, 5.41) is 2.88. The van der Waals surface area contributed by atoms with Gasteiger partial charge in [0.25, 0.3) is 5.91 Å². The molecule has 0 bridgehead atoms. The second kappa shape index (κ2) is 8.77. The quantitative estimate of drug-likeness (QED) is 0.254. The summed E-state index contributed by atoms with van der Waals surface area (Å²) in [4.78, 5) is 24.3. The standard InChI is InChI=1S/C21H18Br2INO4/c1-21(2,3)29-18(26)10-28-19-15(22)7-11(8-16(19)23)6-14-13-9-12(24)4-5-17(13)25-20(14)27/h4-9H,10H2,1-3H3,(H,25,27)/b14-6-. The molecule has 1 heterocycles. The summed E-state index contributed by atoms with van der Waals surface area (Å²) in [7, 11) is 0. The maximum Gasteiger partial charge on any atom is 0.344 e. The lowest BCUT2D eigenvalue weighted by Gasteiger charge is -2.20. The zero-order chi connectivity index (χ0) is 21.3. The summed E-state index contributed by atoms with van der Waals surface area (Å²) in [6.07, 6.45) is 1.82. The van der Waals surface area contributed by atoms with Gasteiger partial charge in [0.05, 0.1) is 8.95 Å². The van der Waals surface area contributed by atoms with Gasteiger partial charge in [0.2, 0.25) is 0 Å². The van der Waals surface area contributed by atoms with E-state index in [0.717, 1.165) is 20.4 Å². The third-order valence-corrected chi connectivity index (χ3v) is 5.70. The maximum absolute atomic E-state index is 12.4. The minimum absolute atomic E-state index is 0.139. The van der Waals surface area contributed by atoms with E-state index in [1.54, 1.807) is 20.8 Å². The third-order valence-electron chi connectivity index (χ3n) is 3.85. The molecular formula is C21H18Br2INO4. The fraction of sp³-hybridized carbons (Fsp3) is 0.238. The number of rotatable bonds is 4. The topological polar surface area (TPSA) is 64.6 Å². The van der Waals surface area contributed by atoms with Crippen molar-refractivity contribution in [3.05, 3.63) is 54.0 Å². The van der Waals surface area contributed by atoms with Gasteiger partial charge < -0.3 is 14.8 Å². The van der Waals surface area contributed by atoms with Gasteiger partial charge in [-0.25, -0.2) is 4.79 Å². The molecule has 0 aromatic heterocycles. The molecular weight excluding hydrogens is 617 g/mol. The first-order valence-electron chi connectivity index (χ1n) is 8.70. The van der Waals surface area contributed by atoms with Gasteiger partial charge in [-0.05, 0) is 117 Å². The molecule has 5 nitrogen and oxygen atoms in total. The average Bonchev–Trinajstić information content (AvgIpc) is 2.88. The van der Waals surface area contributed by atoms with E-state index < -0.39 is 11.6 Å². The Kier molecular flexibility index (Phi) is 6.74. The van der Waals surface area contributed by atoms with Crippen LogP contribution >= 0.6 is 54.5 Å². The van der Waals surface area contributed by atoms with Gasteiger partial charge in [-0.1, -0.05) is 0 Å². The number of nitrogens with one attached hydrogen (secondary N) is 1. The Labute approximate surface area is 199 Å². The van der Waals surface area contributed by atoms with Crippen LogP contribution in [0.4, 0.5) is 5.69 Å². The fourth-order valence-electron chi connectivity index (χ4n) is 2.77. The molecule has 0 aliphatic carbocycles. The van der Waals surface area contributed by atoms with Gasteiger partial charge >= 0.3 is 5.97 Å². The molecule has 3 rings (SSSR count). The van der Waals surface area contributed by atoms with E-state index in [-0.39, 0.29) is 12.5 Å². The van der Waals surface area contributed by atoms with Crippen molar-refractivity contribution in [1.82, 2.24) is 0 Å². The van der Waals surface area contributed by atoms with Gasteiger partial charge in [0, 0.05) is 20.4 Å². The van der Waals surface area contributed by atoms with Crippen molar-refractivity contribution in [1.29, 1.82) is 0 Å². The van der Waals surface area contributed by atoms with Gasteiger partial charge in [-0.3, -0.25) is 4.79 Å². The zero-order valence-corrected chi connectivity index (χ0v) is 21.3. The summed E-state index contributed by atoms with van der Waals surface area (Å²) < 4.78 is 13.2. The highest BCUT2D eigenvalue weighted by Gasteiger charge is 2.24. The smallest absolute Gasteiger partial charge is 0.344 e. The lowest BCUT2D eigenvalue weighted by Crippen LogP contribution is -2.27. The number of hydrogen-bond acceptors (Lipinski definition) is 4. The van der Waals surface area contributed by atoms with Crippen LogP contribution in [0, 0.1) is 3.57 Å². The normalized spacial score (nSPS) is 14.6. The summed E-state index contributed by atoms with van der Waals surface area (Å²) in [5.41, 5.74) is 2.52. The number of anilines is 1. The molecule has 0 saturated heterocycles. The maximum atomic E-state index is 12.4.